The molecule has 2 heterocycles. The van der Waals surface area contributed by atoms with E-state index in [0.717, 1.165) is 32.3 Å². The Morgan fingerprint density at radius 1 is 1.38 bits per heavy atom. The first-order valence-electron chi connectivity index (χ1n) is 7.95. The second kappa shape index (κ2) is 4.82. The largest absolute Gasteiger partial charge is 0.376 e. The predicted octanol–water partition coefficient (Wildman–Crippen LogP) is 2.14. The second-order valence-electron chi connectivity index (χ2n) is 6.58. The van der Waals surface area contributed by atoms with E-state index in [2.05, 4.69) is 30.4 Å². The topological polar surface area (TPSA) is 41.6 Å². The number of nitrogens with zero attached hydrogens (tertiary/aromatic N) is 1. The van der Waals surface area contributed by atoms with Crippen molar-refractivity contribution in [2.75, 3.05) is 13.2 Å². The van der Waals surface area contributed by atoms with Crippen LogP contribution in [0.2, 0.25) is 0 Å². The average Bonchev–Trinajstić information content (AvgIpc) is 2.99. The van der Waals surface area contributed by atoms with Crippen LogP contribution in [0.25, 0.3) is 0 Å². The Bertz CT molecular complexity index is 562. The number of nitrogens with one attached hydrogen (secondary N) is 1. The molecule has 2 saturated heterocycles. The van der Waals surface area contributed by atoms with Gasteiger partial charge in [-0.2, -0.15) is 0 Å². The highest BCUT2D eigenvalue weighted by molar-refractivity contribution is 5.92. The number of aryl methyl sites for hydroxylation is 1. The van der Waals surface area contributed by atoms with Crippen LogP contribution in [-0.4, -0.2) is 35.6 Å². The Morgan fingerprint density at radius 2 is 2.19 bits per heavy atom. The molecule has 2 atom stereocenters. The highest BCUT2D eigenvalue weighted by Crippen LogP contribution is 2.46. The molecule has 4 nitrogen and oxygen atoms in total. The summed E-state index contributed by atoms with van der Waals surface area (Å²) < 4.78 is 5.74. The van der Waals surface area contributed by atoms with Crippen LogP contribution in [0.15, 0.2) is 24.3 Å². The van der Waals surface area contributed by atoms with Crippen molar-refractivity contribution in [3.05, 3.63) is 35.4 Å². The molecule has 3 aliphatic rings. The molecule has 1 spiro atoms. The summed E-state index contributed by atoms with van der Waals surface area (Å²) in [6, 6.07) is 8.34. The molecule has 0 radical (unpaired) electrons. The van der Waals surface area contributed by atoms with Crippen molar-refractivity contribution in [3.63, 3.8) is 0 Å². The zero-order chi connectivity index (χ0) is 14.4. The van der Waals surface area contributed by atoms with Crippen LogP contribution in [-0.2, 0) is 9.53 Å². The highest BCUT2D eigenvalue weighted by Gasteiger charge is 2.59. The molecule has 3 fully saturated rings. The number of benzene rings is 1. The molecule has 112 valence electrons. The fraction of sp³-hybridized carbons (Fsp3) is 0.588. The smallest absolute Gasteiger partial charge is 0.244 e. The van der Waals surface area contributed by atoms with Gasteiger partial charge in [-0.25, -0.2) is 0 Å². The van der Waals surface area contributed by atoms with E-state index < -0.39 is 0 Å². The molecule has 1 aromatic carbocycles. The van der Waals surface area contributed by atoms with Crippen molar-refractivity contribution in [3.8, 4) is 0 Å². The molecule has 0 bridgehead atoms. The molecule has 0 aromatic heterocycles. The van der Waals surface area contributed by atoms with Crippen molar-refractivity contribution in [1.29, 1.82) is 0 Å². The Balaban J connectivity index is 1.63. The summed E-state index contributed by atoms with van der Waals surface area (Å²) in [4.78, 5) is 14.8. The SMILES string of the molecule is Cc1ccccc1C1NC2(CC2)C(=O)N1CC1CCCO1. The standard InChI is InChI=1S/C17H22N2O2/c1-12-5-2-3-7-14(12)15-18-17(8-9-17)16(20)19(15)11-13-6-4-10-21-13/h2-3,5,7,13,15,18H,4,6,8-11H2,1H3. The monoisotopic (exact) mass is 286 g/mol. The molecule has 2 aliphatic heterocycles. The van der Waals surface area contributed by atoms with E-state index in [0.29, 0.717) is 6.54 Å². The van der Waals surface area contributed by atoms with Gasteiger partial charge < -0.3 is 9.64 Å². The number of amides is 1. The van der Waals surface area contributed by atoms with Crippen molar-refractivity contribution >= 4 is 5.91 Å². The zero-order valence-corrected chi connectivity index (χ0v) is 12.5. The van der Waals surface area contributed by atoms with Crippen LogP contribution in [0.1, 0.15) is 43.0 Å². The van der Waals surface area contributed by atoms with Crippen LogP contribution in [0.5, 0.6) is 0 Å². The van der Waals surface area contributed by atoms with Gasteiger partial charge in [0.05, 0.1) is 6.10 Å². The molecule has 4 rings (SSSR count). The number of hydrogen-bond donors (Lipinski definition) is 1. The fourth-order valence-corrected chi connectivity index (χ4v) is 3.61. The number of carbonyl (C=O) groups is 1. The van der Waals surface area contributed by atoms with E-state index in [9.17, 15) is 4.79 Å². The van der Waals surface area contributed by atoms with E-state index in [1.807, 2.05) is 11.0 Å². The molecule has 1 N–H and O–H groups in total. The summed E-state index contributed by atoms with van der Waals surface area (Å²) >= 11 is 0. The summed E-state index contributed by atoms with van der Waals surface area (Å²) in [7, 11) is 0. The maximum Gasteiger partial charge on any atom is 0.244 e. The molecular formula is C17H22N2O2. The van der Waals surface area contributed by atoms with Crippen LogP contribution in [0, 0.1) is 6.92 Å². The maximum atomic E-state index is 12.8. The third-order valence-corrected chi connectivity index (χ3v) is 5.05. The van der Waals surface area contributed by atoms with E-state index >= 15 is 0 Å². The number of hydrogen-bond acceptors (Lipinski definition) is 3. The molecule has 4 heteroatoms. The van der Waals surface area contributed by atoms with Crippen molar-refractivity contribution < 1.29 is 9.53 Å². The summed E-state index contributed by atoms with van der Waals surface area (Å²) in [6.45, 7) is 3.66. The molecule has 1 aromatic rings. The Hall–Kier alpha value is -1.39. The lowest BCUT2D eigenvalue weighted by Gasteiger charge is -2.27. The van der Waals surface area contributed by atoms with Gasteiger partial charge in [0, 0.05) is 13.2 Å². The predicted molar refractivity (Wildman–Crippen MR) is 79.7 cm³/mol. The molecular weight excluding hydrogens is 264 g/mol. The quantitative estimate of drug-likeness (QED) is 0.925. The normalized spacial score (nSPS) is 30.3. The average molecular weight is 286 g/mol. The summed E-state index contributed by atoms with van der Waals surface area (Å²) in [6.07, 6.45) is 4.32. The highest BCUT2D eigenvalue weighted by atomic mass is 16.5. The first-order chi connectivity index (χ1) is 10.2. The molecule has 1 saturated carbocycles. The Morgan fingerprint density at radius 3 is 2.86 bits per heavy atom. The lowest BCUT2D eigenvalue weighted by molar-refractivity contribution is -0.132. The fourth-order valence-electron chi connectivity index (χ4n) is 3.61. The molecule has 2 unspecified atom stereocenters. The van der Waals surface area contributed by atoms with Gasteiger partial charge in [0.2, 0.25) is 5.91 Å². The Labute approximate surface area is 125 Å². The van der Waals surface area contributed by atoms with E-state index in [1.165, 1.54) is 11.1 Å². The third kappa shape index (κ3) is 2.17. The number of carbonyl (C=O) groups excluding carboxylic acids is 1. The third-order valence-electron chi connectivity index (χ3n) is 5.05. The van der Waals surface area contributed by atoms with Gasteiger partial charge in [0.1, 0.15) is 11.7 Å². The first-order valence-corrected chi connectivity index (χ1v) is 7.95. The minimum Gasteiger partial charge on any atom is -0.376 e. The minimum absolute atomic E-state index is 0.00500. The van der Waals surface area contributed by atoms with Crippen LogP contribution >= 0.6 is 0 Å². The van der Waals surface area contributed by atoms with Gasteiger partial charge in [0.25, 0.3) is 0 Å². The van der Waals surface area contributed by atoms with Crippen LogP contribution in [0.4, 0.5) is 0 Å². The van der Waals surface area contributed by atoms with Gasteiger partial charge in [0.15, 0.2) is 0 Å². The van der Waals surface area contributed by atoms with E-state index in [1.54, 1.807) is 0 Å². The van der Waals surface area contributed by atoms with Gasteiger partial charge in [-0.05, 0) is 43.7 Å². The van der Waals surface area contributed by atoms with Crippen molar-refractivity contribution in [1.82, 2.24) is 10.2 Å². The molecule has 1 aliphatic carbocycles. The lowest BCUT2D eigenvalue weighted by Crippen LogP contribution is -2.37. The molecule has 21 heavy (non-hydrogen) atoms. The lowest BCUT2D eigenvalue weighted by atomic mass is 10.1. The summed E-state index contributed by atoms with van der Waals surface area (Å²) in [5.74, 6) is 0.270. The Kier molecular flexibility index (Phi) is 3.05. The maximum absolute atomic E-state index is 12.8. The van der Waals surface area contributed by atoms with Gasteiger partial charge in [-0.1, -0.05) is 24.3 Å². The molecule has 1 amide bonds. The van der Waals surface area contributed by atoms with Crippen molar-refractivity contribution in [2.24, 2.45) is 0 Å². The van der Waals surface area contributed by atoms with Gasteiger partial charge in [-0.3, -0.25) is 10.1 Å². The summed E-state index contributed by atoms with van der Waals surface area (Å²) in [5, 5.41) is 3.59. The zero-order valence-electron chi connectivity index (χ0n) is 12.5. The number of ether oxygens (including phenoxy) is 1. The van der Waals surface area contributed by atoms with E-state index in [4.69, 9.17) is 4.74 Å². The van der Waals surface area contributed by atoms with Crippen LogP contribution in [0.3, 0.4) is 0 Å². The summed E-state index contributed by atoms with van der Waals surface area (Å²) in [5.41, 5.74) is 2.18. The van der Waals surface area contributed by atoms with Crippen molar-refractivity contribution in [2.45, 2.75) is 50.4 Å². The second-order valence-corrected chi connectivity index (χ2v) is 6.58. The van der Waals surface area contributed by atoms with Gasteiger partial charge in [-0.15, -0.1) is 0 Å². The number of rotatable bonds is 3. The van der Waals surface area contributed by atoms with Gasteiger partial charge >= 0.3 is 0 Å². The van der Waals surface area contributed by atoms with Crippen LogP contribution < -0.4 is 5.32 Å². The first kappa shape index (κ1) is 13.3. The minimum atomic E-state index is -0.272. The van der Waals surface area contributed by atoms with E-state index in [-0.39, 0.29) is 23.7 Å².